The highest BCUT2D eigenvalue weighted by molar-refractivity contribution is 7.07. The standard InChI is InChI=1S/C27H30N4O5S/c1-5-35-26(33)23-17(2)28-27-31(24(23)18-6-8-19(9-7-18)29(3)4)25(32)21(37-27)16-20-10-11-22(36-20)30-12-14-34-15-13-30/h6-11,16,24H,5,12-15H2,1-4H3/b21-16-/t24-/m0/s1. The van der Waals surface area contributed by atoms with Gasteiger partial charge in [-0.05, 0) is 37.6 Å². The Hall–Kier alpha value is -3.63. The van der Waals surface area contributed by atoms with E-state index in [0.717, 1.165) is 30.2 Å². The zero-order valence-corrected chi connectivity index (χ0v) is 22.2. The Morgan fingerprint density at radius 3 is 2.59 bits per heavy atom. The van der Waals surface area contributed by atoms with Crippen molar-refractivity contribution in [3.8, 4) is 0 Å². The SMILES string of the molecule is CCOC(=O)C1=C(C)N=c2s/c(=C\c3ccc(N4CCOCC4)o3)c(=O)n2[C@H]1c1ccc(N(C)C)cc1. The summed E-state index contributed by atoms with van der Waals surface area (Å²) in [7, 11) is 3.93. The zero-order valence-electron chi connectivity index (χ0n) is 21.4. The first-order valence-electron chi connectivity index (χ1n) is 12.3. The van der Waals surface area contributed by atoms with E-state index in [4.69, 9.17) is 13.9 Å². The number of aromatic nitrogens is 1. The molecule has 0 saturated carbocycles. The van der Waals surface area contributed by atoms with E-state index in [1.807, 2.05) is 55.4 Å². The number of carbonyl (C=O) groups is 1. The minimum Gasteiger partial charge on any atom is -0.463 e. The molecule has 1 saturated heterocycles. The first-order valence-corrected chi connectivity index (χ1v) is 13.1. The summed E-state index contributed by atoms with van der Waals surface area (Å²) >= 11 is 1.28. The maximum absolute atomic E-state index is 13.7. The van der Waals surface area contributed by atoms with E-state index < -0.39 is 12.0 Å². The molecule has 2 aromatic heterocycles. The van der Waals surface area contributed by atoms with Gasteiger partial charge in [-0.15, -0.1) is 0 Å². The van der Waals surface area contributed by atoms with Crippen LogP contribution >= 0.6 is 11.3 Å². The fourth-order valence-electron chi connectivity index (χ4n) is 4.56. The first-order chi connectivity index (χ1) is 17.9. The summed E-state index contributed by atoms with van der Waals surface area (Å²) < 4.78 is 18.9. The Labute approximate surface area is 218 Å². The molecule has 37 heavy (non-hydrogen) atoms. The van der Waals surface area contributed by atoms with Gasteiger partial charge in [0.2, 0.25) is 0 Å². The lowest BCUT2D eigenvalue weighted by atomic mass is 9.95. The maximum atomic E-state index is 13.7. The third-order valence-electron chi connectivity index (χ3n) is 6.45. The van der Waals surface area contributed by atoms with Crippen LogP contribution in [0, 0.1) is 0 Å². The molecule has 3 aromatic rings. The van der Waals surface area contributed by atoms with E-state index in [1.54, 1.807) is 24.5 Å². The summed E-state index contributed by atoms with van der Waals surface area (Å²) in [6.45, 7) is 6.62. The van der Waals surface area contributed by atoms with Gasteiger partial charge >= 0.3 is 5.97 Å². The highest BCUT2D eigenvalue weighted by Gasteiger charge is 2.33. The summed E-state index contributed by atoms with van der Waals surface area (Å²) in [5.74, 6) is 0.863. The number of hydrogen-bond donors (Lipinski definition) is 0. The van der Waals surface area contributed by atoms with Gasteiger partial charge in [-0.1, -0.05) is 23.5 Å². The quantitative estimate of drug-likeness (QED) is 0.459. The van der Waals surface area contributed by atoms with Crippen molar-refractivity contribution in [2.75, 3.05) is 56.8 Å². The minimum atomic E-state index is -0.644. The minimum absolute atomic E-state index is 0.232. The van der Waals surface area contributed by atoms with Gasteiger partial charge in [-0.3, -0.25) is 9.36 Å². The monoisotopic (exact) mass is 522 g/mol. The summed E-state index contributed by atoms with van der Waals surface area (Å²) in [6, 6.07) is 10.9. The van der Waals surface area contributed by atoms with E-state index in [9.17, 15) is 9.59 Å². The maximum Gasteiger partial charge on any atom is 0.338 e. The number of allylic oxidation sites excluding steroid dienone is 1. The molecule has 2 aliphatic rings. The molecule has 4 heterocycles. The molecule has 5 rings (SSSR count). The Morgan fingerprint density at radius 2 is 1.92 bits per heavy atom. The van der Waals surface area contributed by atoms with Gasteiger partial charge < -0.3 is 23.7 Å². The number of benzene rings is 1. The Balaban J connectivity index is 1.60. The van der Waals surface area contributed by atoms with Crippen molar-refractivity contribution in [2.45, 2.75) is 19.9 Å². The second-order valence-corrected chi connectivity index (χ2v) is 10.1. The van der Waals surface area contributed by atoms with Crippen LogP contribution in [0.5, 0.6) is 0 Å². The molecule has 0 unspecified atom stereocenters. The number of ether oxygens (including phenoxy) is 2. The molecule has 194 valence electrons. The Morgan fingerprint density at radius 1 is 1.19 bits per heavy atom. The smallest absolute Gasteiger partial charge is 0.338 e. The van der Waals surface area contributed by atoms with Crippen LogP contribution in [-0.4, -0.2) is 57.5 Å². The van der Waals surface area contributed by atoms with Gasteiger partial charge in [0.25, 0.3) is 5.56 Å². The average Bonchev–Trinajstić information content (AvgIpc) is 3.48. The molecule has 2 aliphatic heterocycles. The van der Waals surface area contributed by atoms with E-state index >= 15 is 0 Å². The fraction of sp³-hybridized carbons (Fsp3) is 0.370. The van der Waals surface area contributed by atoms with Gasteiger partial charge in [0.05, 0.1) is 41.7 Å². The molecular weight excluding hydrogens is 492 g/mol. The molecule has 1 aromatic carbocycles. The molecule has 9 nitrogen and oxygen atoms in total. The number of nitrogens with zero attached hydrogens (tertiary/aromatic N) is 4. The summed E-state index contributed by atoms with van der Waals surface area (Å²) in [4.78, 5) is 36.1. The number of anilines is 2. The van der Waals surface area contributed by atoms with Crippen LogP contribution in [0.3, 0.4) is 0 Å². The molecule has 0 aliphatic carbocycles. The normalized spacial score (nSPS) is 18.0. The molecule has 10 heteroatoms. The van der Waals surface area contributed by atoms with Gasteiger partial charge in [0, 0.05) is 45.0 Å². The number of esters is 1. The predicted octanol–water partition coefficient (Wildman–Crippen LogP) is 2.29. The lowest BCUT2D eigenvalue weighted by Gasteiger charge is -2.26. The number of carbonyl (C=O) groups excluding carboxylic acids is 1. The number of thiazole rings is 1. The van der Waals surface area contributed by atoms with Crippen LogP contribution in [0.15, 0.2) is 61.9 Å². The molecule has 0 amide bonds. The van der Waals surface area contributed by atoms with Crippen molar-refractivity contribution in [2.24, 2.45) is 4.99 Å². The molecular formula is C27H30N4O5S. The molecule has 0 radical (unpaired) electrons. The van der Waals surface area contributed by atoms with Crippen molar-refractivity contribution >= 4 is 35.0 Å². The lowest BCUT2D eigenvalue weighted by Crippen LogP contribution is -2.39. The van der Waals surface area contributed by atoms with Crippen molar-refractivity contribution in [1.82, 2.24) is 4.57 Å². The Bertz CT molecular complexity index is 1510. The second kappa shape index (κ2) is 10.4. The van der Waals surface area contributed by atoms with Crippen LogP contribution in [0.4, 0.5) is 11.6 Å². The van der Waals surface area contributed by atoms with Crippen molar-refractivity contribution in [3.63, 3.8) is 0 Å². The first kappa shape index (κ1) is 25.0. The van der Waals surface area contributed by atoms with E-state index in [-0.39, 0.29) is 12.2 Å². The van der Waals surface area contributed by atoms with Gasteiger partial charge in [-0.2, -0.15) is 0 Å². The van der Waals surface area contributed by atoms with Gasteiger partial charge in [-0.25, -0.2) is 9.79 Å². The summed E-state index contributed by atoms with van der Waals surface area (Å²) in [5, 5.41) is 0. The third kappa shape index (κ3) is 4.86. The summed E-state index contributed by atoms with van der Waals surface area (Å²) in [5.41, 5.74) is 2.50. The second-order valence-electron chi connectivity index (χ2n) is 9.06. The van der Waals surface area contributed by atoms with E-state index in [1.165, 1.54) is 11.3 Å². The van der Waals surface area contributed by atoms with Crippen LogP contribution in [0.25, 0.3) is 6.08 Å². The van der Waals surface area contributed by atoms with Crippen LogP contribution in [0.2, 0.25) is 0 Å². The molecule has 1 atom stereocenters. The lowest BCUT2D eigenvalue weighted by molar-refractivity contribution is -0.139. The number of morpholine rings is 1. The largest absolute Gasteiger partial charge is 0.463 e. The van der Waals surface area contributed by atoms with Crippen LogP contribution in [0.1, 0.15) is 31.2 Å². The fourth-order valence-corrected chi connectivity index (χ4v) is 5.59. The molecule has 0 N–H and O–H groups in total. The topological polar surface area (TPSA) is 89.5 Å². The van der Waals surface area contributed by atoms with Crippen LogP contribution < -0.4 is 24.7 Å². The zero-order chi connectivity index (χ0) is 26.1. The van der Waals surface area contributed by atoms with Gasteiger partial charge in [0.15, 0.2) is 10.7 Å². The molecule has 1 fully saturated rings. The van der Waals surface area contributed by atoms with Crippen molar-refractivity contribution in [1.29, 1.82) is 0 Å². The number of fused-ring (bicyclic) bond motifs is 1. The van der Waals surface area contributed by atoms with E-state index in [2.05, 4.69) is 9.89 Å². The summed E-state index contributed by atoms with van der Waals surface area (Å²) in [6.07, 6.45) is 1.74. The highest BCUT2D eigenvalue weighted by atomic mass is 32.1. The van der Waals surface area contributed by atoms with Crippen molar-refractivity contribution in [3.05, 3.63) is 78.7 Å². The van der Waals surface area contributed by atoms with Crippen LogP contribution in [-0.2, 0) is 14.3 Å². The van der Waals surface area contributed by atoms with Gasteiger partial charge in [0.1, 0.15) is 5.76 Å². The average molecular weight is 523 g/mol. The van der Waals surface area contributed by atoms with E-state index in [0.29, 0.717) is 39.6 Å². The van der Waals surface area contributed by atoms with Crippen molar-refractivity contribution < 1.29 is 18.7 Å². The number of furan rings is 1. The predicted molar refractivity (Wildman–Crippen MR) is 143 cm³/mol. The third-order valence-corrected chi connectivity index (χ3v) is 7.43. The highest BCUT2D eigenvalue weighted by Crippen LogP contribution is 2.31. The number of rotatable bonds is 6. The Kier molecular flexibility index (Phi) is 7.03. The number of hydrogen-bond acceptors (Lipinski definition) is 9. The molecule has 0 spiro atoms. The molecule has 0 bridgehead atoms.